The van der Waals surface area contributed by atoms with Gasteiger partial charge < -0.3 is 0 Å². The molecule has 0 aliphatic carbocycles. The quantitative estimate of drug-likeness (QED) is 0.187. The second-order valence-corrected chi connectivity index (χ2v) is 1.82. The van der Waals surface area contributed by atoms with Crippen LogP contribution in [0.2, 0.25) is 0 Å². The summed E-state index contributed by atoms with van der Waals surface area (Å²) < 4.78 is 68.3. The molecule has 0 aromatic heterocycles. The topological polar surface area (TPSA) is 72.9 Å². The SMILES string of the molecule is N#CC(N=NC(F)(F)F)=NNC(F)(F)F. The number of alkyl halides is 6. The maximum atomic E-state index is 11.4. The summed E-state index contributed by atoms with van der Waals surface area (Å²) in [7, 11) is 0. The molecular weight excluding hydrogens is 232 g/mol. The van der Waals surface area contributed by atoms with E-state index in [2.05, 4.69) is 10.2 Å². The summed E-state index contributed by atoms with van der Waals surface area (Å²) in [6.07, 6.45) is -10.0. The molecule has 0 aromatic rings. The highest BCUT2D eigenvalue weighted by Gasteiger charge is 2.28. The van der Waals surface area contributed by atoms with Crippen LogP contribution in [-0.2, 0) is 0 Å². The Balaban J connectivity index is 4.54. The maximum absolute atomic E-state index is 11.4. The third kappa shape index (κ3) is 8.47. The number of hydrogen-bond donors (Lipinski definition) is 1. The van der Waals surface area contributed by atoms with Gasteiger partial charge in [-0.05, 0) is 0 Å². The van der Waals surface area contributed by atoms with Crippen molar-refractivity contribution in [3.63, 3.8) is 0 Å². The number of amidine groups is 1. The molecule has 0 heterocycles. The lowest BCUT2D eigenvalue weighted by Crippen LogP contribution is -2.27. The average molecular weight is 233 g/mol. The standard InChI is InChI=1S/C4HF6N5/c5-3(6,7)14-12-2(1-11)13-15-4(8,9)10/h14H. The first-order chi connectivity index (χ1) is 6.64. The van der Waals surface area contributed by atoms with Crippen LogP contribution in [0.3, 0.4) is 0 Å². The molecule has 84 valence electrons. The maximum Gasteiger partial charge on any atom is 0.521 e. The highest BCUT2D eigenvalue weighted by molar-refractivity contribution is 5.96. The minimum absolute atomic E-state index is 0.453. The van der Waals surface area contributed by atoms with Crippen molar-refractivity contribution in [2.24, 2.45) is 15.3 Å². The van der Waals surface area contributed by atoms with Gasteiger partial charge in [-0.2, -0.15) is 5.26 Å². The van der Waals surface area contributed by atoms with Gasteiger partial charge >= 0.3 is 12.6 Å². The first-order valence-corrected chi connectivity index (χ1v) is 2.95. The number of halogens is 6. The van der Waals surface area contributed by atoms with Crippen LogP contribution in [0, 0.1) is 11.3 Å². The van der Waals surface area contributed by atoms with Crippen molar-refractivity contribution in [1.82, 2.24) is 5.43 Å². The van der Waals surface area contributed by atoms with E-state index in [1.165, 1.54) is 0 Å². The molecule has 0 amide bonds. The molecule has 0 bridgehead atoms. The van der Waals surface area contributed by atoms with Gasteiger partial charge in [0.05, 0.1) is 0 Å². The fourth-order valence-corrected chi connectivity index (χ4v) is 0.290. The fraction of sp³-hybridized carbons (Fsp3) is 0.500. The van der Waals surface area contributed by atoms with Crippen LogP contribution in [0.25, 0.3) is 0 Å². The number of nitrogens with zero attached hydrogens (tertiary/aromatic N) is 4. The van der Waals surface area contributed by atoms with E-state index < -0.39 is 18.4 Å². The normalized spacial score (nSPS) is 14.1. The first-order valence-electron chi connectivity index (χ1n) is 2.95. The Labute approximate surface area is 78.1 Å². The van der Waals surface area contributed by atoms with E-state index in [0.29, 0.717) is 5.43 Å². The van der Waals surface area contributed by atoms with Crippen molar-refractivity contribution in [2.75, 3.05) is 0 Å². The van der Waals surface area contributed by atoms with Crippen LogP contribution >= 0.6 is 0 Å². The van der Waals surface area contributed by atoms with E-state index in [1.807, 2.05) is 0 Å². The van der Waals surface area contributed by atoms with Crippen molar-refractivity contribution in [3.05, 3.63) is 0 Å². The van der Waals surface area contributed by atoms with Gasteiger partial charge in [0.1, 0.15) is 6.07 Å². The second kappa shape index (κ2) is 4.58. The van der Waals surface area contributed by atoms with Crippen molar-refractivity contribution in [3.8, 4) is 6.07 Å². The molecular formula is C4HF6N5. The summed E-state index contributed by atoms with van der Waals surface area (Å²) in [5, 5.41) is 14.0. The highest BCUT2D eigenvalue weighted by Crippen LogP contribution is 2.16. The molecule has 0 aliphatic heterocycles. The van der Waals surface area contributed by atoms with Crippen molar-refractivity contribution >= 4 is 5.84 Å². The highest BCUT2D eigenvalue weighted by atomic mass is 19.4. The lowest BCUT2D eigenvalue weighted by atomic mass is 10.7. The summed E-state index contributed by atoms with van der Waals surface area (Å²) >= 11 is 0. The smallest absolute Gasteiger partial charge is 0.215 e. The number of rotatable bonds is 1. The average Bonchev–Trinajstić information content (AvgIpc) is 2.00. The van der Waals surface area contributed by atoms with Crippen LogP contribution in [0.4, 0.5) is 26.3 Å². The molecule has 15 heavy (non-hydrogen) atoms. The van der Waals surface area contributed by atoms with Gasteiger partial charge in [-0.15, -0.1) is 36.6 Å². The van der Waals surface area contributed by atoms with Crippen LogP contribution in [0.1, 0.15) is 0 Å². The Bertz CT molecular complexity index is 305. The predicted molar refractivity (Wildman–Crippen MR) is 33.1 cm³/mol. The molecule has 0 aromatic carbocycles. The van der Waals surface area contributed by atoms with Crippen LogP contribution in [0.5, 0.6) is 0 Å². The monoisotopic (exact) mass is 233 g/mol. The number of hydrazone groups is 1. The number of hydrogen-bond acceptors (Lipinski definition) is 4. The fourth-order valence-electron chi connectivity index (χ4n) is 0.290. The van der Waals surface area contributed by atoms with Gasteiger partial charge in [-0.3, -0.25) is 0 Å². The molecule has 0 saturated heterocycles. The molecule has 0 rings (SSSR count). The van der Waals surface area contributed by atoms with Crippen LogP contribution < -0.4 is 5.43 Å². The van der Waals surface area contributed by atoms with Crippen molar-refractivity contribution < 1.29 is 26.3 Å². The Morgan fingerprint density at radius 2 is 1.67 bits per heavy atom. The summed E-state index contributed by atoms with van der Waals surface area (Å²) in [6.45, 7) is 0. The molecule has 0 saturated carbocycles. The third-order valence-corrected chi connectivity index (χ3v) is 0.647. The lowest BCUT2D eigenvalue weighted by molar-refractivity contribution is -0.156. The van der Waals surface area contributed by atoms with Gasteiger partial charge in [-0.1, -0.05) is 5.11 Å². The summed E-state index contributed by atoms with van der Waals surface area (Å²) in [5.41, 5.74) is 0.453. The van der Waals surface area contributed by atoms with Crippen molar-refractivity contribution in [2.45, 2.75) is 12.6 Å². The Morgan fingerprint density at radius 1 is 1.13 bits per heavy atom. The van der Waals surface area contributed by atoms with Gasteiger partial charge in [0.25, 0.3) is 5.84 Å². The Hall–Kier alpha value is -1.86. The van der Waals surface area contributed by atoms with E-state index in [9.17, 15) is 26.3 Å². The van der Waals surface area contributed by atoms with Gasteiger partial charge in [0, 0.05) is 0 Å². The molecule has 0 radical (unpaired) electrons. The second-order valence-electron chi connectivity index (χ2n) is 1.82. The van der Waals surface area contributed by atoms with E-state index >= 15 is 0 Å². The zero-order valence-electron chi connectivity index (χ0n) is 6.56. The minimum Gasteiger partial charge on any atom is -0.215 e. The third-order valence-electron chi connectivity index (χ3n) is 0.647. The summed E-state index contributed by atoms with van der Waals surface area (Å²) in [5.74, 6) is -1.40. The van der Waals surface area contributed by atoms with Crippen LogP contribution in [-0.4, -0.2) is 18.4 Å². The van der Waals surface area contributed by atoms with E-state index in [1.54, 1.807) is 5.11 Å². The largest absolute Gasteiger partial charge is 0.521 e. The van der Waals surface area contributed by atoms with Crippen LogP contribution in [0.15, 0.2) is 15.3 Å². The molecule has 0 spiro atoms. The molecule has 0 atom stereocenters. The number of nitriles is 1. The van der Waals surface area contributed by atoms with Gasteiger partial charge in [0.15, 0.2) is 0 Å². The van der Waals surface area contributed by atoms with E-state index in [0.717, 1.165) is 6.07 Å². The predicted octanol–water partition coefficient (Wildman–Crippen LogP) is 1.90. The molecule has 1 N–H and O–H groups in total. The van der Waals surface area contributed by atoms with Gasteiger partial charge in [0.2, 0.25) is 0 Å². The summed E-state index contributed by atoms with van der Waals surface area (Å²) in [6, 6.07) is 0.874. The Kier molecular flexibility index (Phi) is 4.01. The van der Waals surface area contributed by atoms with E-state index in [4.69, 9.17) is 5.26 Å². The zero-order chi connectivity index (χ0) is 12.1. The molecule has 0 aliphatic rings. The minimum atomic E-state index is -5.07. The zero-order valence-corrected chi connectivity index (χ0v) is 6.56. The summed E-state index contributed by atoms with van der Waals surface area (Å²) in [4.78, 5) is 0. The van der Waals surface area contributed by atoms with E-state index in [-0.39, 0.29) is 0 Å². The molecule has 11 heteroatoms. The lowest BCUT2D eigenvalue weighted by Gasteiger charge is -2.02. The number of nitrogens with one attached hydrogen (secondary N) is 1. The molecule has 0 fully saturated rings. The molecule has 0 unspecified atom stereocenters. The molecule has 5 nitrogen and oxygen atoms in total. The number of azo groups is 1. The Morgan fingerprint density at radius 3 is 2.00 bits per heavy atom. The first kappa shape index (κ1) is 13.1. The van der Waals surface area contributed by atoms with Gasteiger partial charge in [-0.25, -0.2) is 5.43 Å². The van der Waals surface area contributed by atoms with Crippen molar-refractivity contribution in [1.29, 1.82) is 5.26 Å².